The number of aliphatic hydroxyl groups is 1. The molecule has 64 valence electrons. The Morgan fingerprint density at radius 1 is 1.36 bits per heavy atom. The van der Waals surface area contributed by atoms with Crippen LogP contribution < -0.4 is 0 Å². The fraction of sp³-hybridized carbons (Fsp3) is 1.00. The summed E-state index contributed by atoms with van der Waals surface area (Å²) in [6.45, 7) is 2.64. The lowest BCUT2D eigenvalue weighted by Crippen LogP contribution is -2.37. The lowest BCUT2D eigenvalue weighted by atomic mass is 9.78. The molecule has 2 heterocycles. The molecule has 2 saturated heterocycles. The number of hydrogen-bond acceptors (Lipinski definition) is 3. The van der Waals surface area contributed by atoms with Crippen molar-refractivity contribution in [2.24, 2.45) is 5.41 Å². The lowest BCUT2D eigenvalue weighted by Gasteiger charge is -2.33. The summed E-state index contributed by atoms with van der Waals surface area (Å²) in [5.74, 6) is 0. The van der Waals surface area contributed by atoms with Gasteiger partial charge in [0, 0.05) is 18.6 Å². The fourth-order valence-electron chi connectivity index (χ4n) is 1.76. The molecule has 1 unspecified atom stereocenters. The molecular formula is C8H14O3. The number of epoxide rings is 1. The van der Waals surface area contributed by atoms with Crippen LogP contribution >= 0.6 is 0 Å². The molecule has 0 bridgehead atoms. The zero-order valence-electron chi connectivity index (χ0n) is 6.58. The van der Waals surface area contributed by atoms with Crippen LogP contribution in [0.1, 0.15) is 12.8 Å². The van der Waals surface area contributed by atoms with E-state index in [9.17, 15) is 5.11 Å². The van der Waals surface area contributed by atoms with E-state index in [1.807, 2.05) is 0 Å². The first-order valence-electron chi connectivity index (χ1n) is 4.18. The van der Waals surface area contributed by atoms with Gasteiger partial charge in [-0.15, -0.1) is 0 Å². The standard InChI is InChI=1S/C8H14O3/c9-6-8(7-5-11-7)1-3-10-4-2-8/h7,9H,1-6H2. The van der Waals surface area contributed by atoms with Crippen molar-refractivity contribution in [1.82, 2.24) is 0 Å². The van der Waals surface area contributed by atoms with E-state index in [4.69, 9.17) is 9.47 Å². The molecule has 0 spiro atoms. The molecule has 2 aliphatic heterocycles. The lowest BCUT2D eigenvalue weighted by molar-refractivity contribution is -0.0307. The van der Waals surface area contributed by atoms with Gasteiger partial charge in [-0.05, 0) is 12.8 Å². The zero-order valence-corrected chi connectivity index (χ0v) is 6.58. The predicted octanol–water partition coefficient (Wildman–Crippen LogP) is 0.174. The Labute approximate surface area is 66.3 Å². The molecule has 11 heavy (non-hydrogen) atoms. The van der Waals surface area contributed by atoms with Crippen molar-refractivity contribution < 1.29 is 14.6 Å². The Bertz CT molecular complexity index is 136. The quantitative estimate of drug-likeness (QED) is 0.583. The molecule has 0 radical (unpaired) electrons. The summed E-state index contributed by atoms with van der Waals surface area (Å²) in [6, 6.07) is 0. The number of aliphatic hydroxyl groups excluding tert-OH is 1. The average Bonchev–Trinajstić information content (AvgIpc) is 2.88. The molecule has 2 fully saturated rings. The largest absolute Gasteiger partial charge is 0.396 e. The minimum atomic E-state index is 0.0399. The molecule has 1 N–H and O–H groups in total. The molecular weight excluding hydrogens is 144 g/mol. The van der Waals surface area contributed by atoms with E-state index in [0.717, 1.165) is 32.7 Å². The summed E-state index contributed by atoms with van der Waals surface area (Å²) >= 11 is 0. The predicted molar refractivity (Wildman–Crippen MR) is 39.3 cm³/mol. The summed E-state index contributed by atoms with van der Waals surface area (Å²) in [7, 11) is 0. The molecule has 0 aromatic rings. The van der Waals surface area contributed by atoms with E-state index < -0.39 is 0 Å². The SMILES string of the molecule is OCC1(C2CO2)CCOCC1. The molecule has 2 aliphatic rings. The van der Waals surface area contributed by atoms with Gasteiger partial charge in [0.05, 0.1) is 19.3 Å². The van der Waals surface area contributed by atoms with Gasteiger partial charge in [0.2, 0.25) is 0 Å². The minimum Gasteiger partial charge on any atom is -0.396 e. The Balaban J connectivity index is 2.01. The van der Waals surface area contributed by atoms with Crippen LogP contribution in [0, 0.1) is 5.41 Å². The van der Waals surface area contributed by atoms with Crippen molar-refractivity contribution in [3.8, 4) is 0 Å². The first kappa shape index (κ1) is 7.53. The van der Waals surface area contributed by atoms with Crippen molar-refractivity contribution >= 4 is 0 Å². The molecule has 0 saturated carbocycles. The summed E-state index contributed by atoms with van der Waals surface area (Å²) in [6.07, 6.45) is 2.22. The summed E-state index contributed by atoms with van der Waals surface area (Å²) in [5, 5.41) is 9.22. The van der Waals surface area contributed by atoms with Gasteiger partial charge < -0.3 is 14.6 Å². The maximum atomic E-state index is 9.22. The minimum absolute atomic E-state index is 0.0399. The molecule has 3 nitrogen and oxygen atoms in total. The second kappa shape index (κ2) is 2.73. The highest BCUT2D eigenvalue weighted by Crippen LogP contribution is 2.40. The Hall–Kier alpha value is -0.120. The van der Waals surface area contributed by atoms with Gasteiger partial charge in [0.25, 0.3) is 0 Å². The second-order valence-corrected chi connectivity index (χ2v) is 3.45. The maximum absolute atomic E-state index is 9.22. The van der Waals surface area contributed by atoms with E-state index in [-0.39, 0.29) is 12.0 Å². The van der Waals surface area contributed by atoms with Crippen LogP contribution in [0.4, 0.5) is 0 Å². The molecule has 1 atom stereocenters. The van der Waals surface area contributed by atoms with Gasteiger partial charge in [-0.2, -0.15) is 0 Å². The van der Waals surface area contributed by atoms with Crippen LogP contribution in [0.25, 0.3) is 0 Å². The summed E-state index contributed by atoms with van der Waals surface area (Å²) < 4.78 is 10.5. The third-order valence-corrected chi connectivity index (χ3v) is 2.82. The van der Waals surface area contributed by atoms with E-state index in [1.54, 1.807) is 0 Å². The highest BCUT2D eigenvalue weighted by Gasteiger charge is 2.47. The monoisotopic (exact) mass is 158 g/mol. The van der Waals surface area contributed by atoms with Crippen LogP contribution in [0.2, 0.25) is 0 Å². The van der Waals surface area contributed by atoms with Crippen LogP contribution in [0.5, 0.6) is 0 Å². The molecule has 3 heteroatoms. The first-order valence-corrected chi connectivity index (χ1v) is 4.18. The highest BCUT2D eigenvalue weighted by atomic mass is 16.6. The third kappa shape index (κ3) is 1.28. The van der Waals surface area contributed by atoms with Crippen molar-refractivity contribution in [2.45, 2.75) is 18.9 Å². The van der Waals surface area contributed by atoms with Crippen molar-refractivity contribution in [1.29, 1.82) is 0 Å². The van der Waals surface area contributed by atoms with Crippen LogP contribution in [-0.4, -0.2) is 37.6 Å². The van der Waals surface area contributed by atoms with Crippen LogP contribution in [0.15, 0.2) is 0 Å². The van der Waals surface area contributed by atoms with Crippen LogP contribution in [0.3, 0.4) is 0 Å². The fourth-order valence-corrected chi connectivity index (χ4v) is 1.76. The topological polar surface area (TPSA) is 42.0 Å². The van der Waals surface area contributed by atoms with E-state index in [2.05, 4.69) is 0 Å². The summed E-state index contributed by atoms with van der Waals surface area (Å²) in [4.78, 5) is 0. The van der Waals surface area contributed by atoms with Crippen molar-refractivity contribution in [3.05, 3.63) is 0 Å². The Morgan fingerprint density at radius 3 is 2.45 bits per heavy atom. The number of rotatable bonds is 2. The van der Waals surface area contributed by atoms with Crippen molar-refractivity contribution in [3.63, 3.8) is 0 Å². The Morgan fingerprint density at radius 2 is 2.00 bits per heavy atom. The van der Waals surface area contributed by atoms with Gasteiger partial charge in [0.1, 0.15) is 0 Å². The summed E-state index contributed by atoms with van der Waals surface area (Å²) in [5.41, 5.74) is 0.0399. The number of hydrogen-bond donors (Lipinski definition) is 1. The third-order valence-electron chi connectivity index (χ3n) is 2.82. The molecule has 0 aromatic carbocycles. The maximum Gasteiger partial charge on any atom is 0.0889 e. The molecule has 0 aliphatic carbocycles. The van der Waals surface area contributed by atoms with Gasteiger partial charge in [-0.25, -0.2) is 0 Å². The Kier molecular flexibility index (Phi) is 1.87. The zero-order chi connectivity index (χ0) is 7.73. The number of ether oxygens (including phenoxy) is 2. The highest BCUT2D eigenvalue weighted by molar-refractivity contribution is 4.94. The molecule has 0 amide bonds. The van der Waals surface area contributed by atoms with Gasteiger partial charge in [-0.3, -0.25) is 0 Å². The van der Waals surface area contributed by atoms with E-state index >= 15 is 0 Å². The van der Waals surface area contributed by atoms with E-state index in [1.165, 1.54) is 0 Å². The van der Waals surface area contributed by atoms with Crippen LogP contribution in [-0.2, 0) is 9.47 Å². The molecule has 2 rings (SSSR count). The average molecular weight is 158 g/mol. The van der Waals surface area contributed by atoms with Crippen molar-refractivity contribution in [2.75, 3.05) is 26.4 Å². The van der Waals surface area contributed by atoms with Gasteiger partial charge in [0.15, 0.2) is 0 Å². The second-order valence-electron chi connectivity index (χ2n) is 3.45. The molecule has 0 aromatic heterocycles. The smallest absolute Gasteiger partial charge is 0.0889 e. The van der Waals surface area contributed by atoms with E-state index in [0.29, 0.717) is 6.10 Å². The van der Waals surface area contributed by atoms with Gasteiger partial charge >= 0.3 is 0 Å². The van der Waals surface area contributed by atoms with Gasteiger partial charge in [-0.1, -0.05) is 0 Å². The first-order chi connectivity index (χ1) is 5.37. The normalized spacial score (nSPS) is 35.2.